The predicted octanol–water partition coefficient (Wildman–Crippen LogP) is 6.07. The van der Waals surface area contributed by atoms with Crippen LogP contribution >= 0.6 is 34.7 Å². The highest BCUT2D eigenvalue weighted by Crippen LogP contribution is 2.44. The quantitative estimate of drug-likeness (QED) is 0.0865. The van der Waals surface area contributed by atoms with Crippen LogP contribution in [-0.4, -0.2) is 36.4 Å². The van der Waals surface area contributed by atoms with E-state index in [-0.39, 0.29) is 16.5 Å². The van der Waals surface area contributed by atoms with Crippen LogP contribution in [0.2, 0.25) is 5.02 Å². The highest BCUT2D eigenvalue weighted by Gasteiger charge is 2.48. The summed E-state index contributed by atoms with van der Waals surface area (Å²) in [6.45, 7) is 1.75. The number of anilines is 1. The van der Waals surface area contributed by atoms with Gasteiger partial charge in [-0.1, -0.05) is 83.2 Å². The molecule has 1 atom stereocenters. The van der Waals surface area contributed by atoms with Crippen LogP contribution in [0.15, 0.2) is 88.9 Å². The van der Waals surface area contributed by atoms with Gasteiger partial charge in [-0.2, -0.15) is 0 Å². The second-order valence-corrected chi connectivity index (χ2v) is 11.4. The van der Waals surface area contributed by atoms with Gasteiger partial charge in [-0.3, -0.25) is 18.9 Å². The van der Waals surface area contributed by atoms with Gasteiger partial charge < -0.3 is 5.11 Å². The van der Waals surface area contributed by atoms with Crippen molar-refractivity contribution in [3.63, 3.8) is 0 Å². The van der Waals surface area contributed by atoms with E-state index < -0.39 is 17.7 Å². The van der Waals surface area contributed by atoms with Crippen molar-refractivity contribution in [2.45, 2.75) is 23.1 Å². The zero-order valence-corrected chi connectivity index (χ0v) is 22.9. The number of amides is 1. The fourth-order valence-corrected chi connectivity index (χ4v) is 6.54. The Labute approximate surface area is 236 Å². The molecule has 3 aromatic heterocycles. The van der Waals surface area contributed by atoms with Gasteiger partial charge in [-0.25, -0.2) is 4.98 Å². The predicted molar refractivity (Wildman–Crippen MR) is 152 cm³/mol. The summed E-state index contributed by atoms with van der Waals surface area (Å²) in [6, 6.07) is 21.3. The number of benzene rings is 2. The lowest BCUT2D eigenvalue weighted by atomic mass is 9.96. The van der Waals surface area contributed by atoms with E-state index in [0.717, 1.165) is 5.56 Å². The molecule has 1 unspecified atom stereocenters. The lowest BCUT2D eigenvalue weighted by molar-refractivity contribution is -0.132. The first kappa shape index (κ1) is 25.3. The first-order valence-corrected chi connectivity index (χ1v) is 14.1. The summed E-state index contributed by atoms with van der Waals surface area (Å²) in [5.74, 6) is -1.23. The molecule has 6 rings (SSSR count). The fraction of sp³-hybridized carbons (Fsp3) is 0.107. The van der Waals surface area contributed by atoms with Gasteiger partial charge in [-0.05, 0) is 42.3 Å². The standard InChI is InChI=1S/C28H20ClN5O3S2/c1-16-22(33-14-6-5-9-20(33)30-16)24(35)21-23(18-10-12-19(29)13-11-18)34(26(37)25(21)36)27-31-32-28(39-27)38-15-17-7-3-2-4-8-17/h2-14,23,35H,15H2,1H3. The largest absolute Gasteiger partial charge is 0.505 e. The van der Waals surface area contributed by atoms with Gasteiger partial charge >= 0.3 is 5.91 Å². The average Bonchev–Trinajstić information content (AvgIpc) is 3.62. The molecule has 0 bridgehead atoms. The lowest BCUT2D eigenvalue weighted by Gasteiger charge is -2.22. The first-order chi connectivity index (χ1) is 18.9. The Kier molecular flexibility index (Phi) is 6.68. The molecule has 39 heavy (non-hydrogen) atoms. The van der Waals surface area contributed by atoms with Crippen molar-refractivity contribution in [1.82, 2.24) is 19.6 Å². The number of Topliss-reactive ketones (excluding diaryl/α,β-unsaturated/α-hetero) is 1. The van der Waals surface area contributed by atoms with E-state index in [9.17, 15) is 14.7 Å². The summed E-state index contributed by atoms with van der Waals surface area (Å²) in [6.07, 6.45) is 1.75. The third kappa shape index (κ3) is 4.60. The van der Waals surface area contributed by atoms with Crippen LogP contribution < -0.4 is 4.90 Å². The molecule has 1 saturated heterocycles. The molecule has 1 fully saturated rings. The van der Waals surface area contributed by atoms with Gasteiger partial charge in [0.25, 0.3) is 5.78 Å². The van der Waals surface area contributed by atoms with Crippen molar-refractivity contribution in [3.05, 3.63) is 112 Å². The number of aliphatic hydroxyl groups excluding tert-OH is 1. The van der Waals surface area contributed by atoms with Crippen molar-refractivity contribution in [3.8, 4) is 0 Å². The molecule has 0 aliphatic carbocycles. The van der Waals surface area contributed by atoms with Crippen molar-refractivity contribution < 1.29 is 14.7 Å². The third-order valence-electron chi connectivity index (χ3n) is 6.37. The average molecular weight is 574 g/mol. The highest BCUT2D eigenvalue weighted by atomic mass is 35.5. The number of aliphatic hydroxyl groups is 1. The summed E-state index contributed by atoms with van der Waals surface area (Å²) < 4.78 is 2.35. The minimum absolute atomic E-state index is 0.0511. The Morgan fingerprint density at radius 1 is 1.03 bits per heavy atom. The number of aryl methyl sites for hydroxylation is 1. The van der Waals surface area contributed by atoms with E-state index in [1.54, 1.807) is 53.9 Å². The number of carbonyl (C=O) groups is 2. The van der Waals surface area contributed by atoms with Gasteiger partial charge in [0.15, 0.2) is 10.1 Å². The number of hydrogen-bond donors (Lipinski definition) is 1. The number of hydrogen-bond acceptors (Lipinski definition) is 8. The van der Waals surface area contributed by atoms with Gasteiger partial charge in [0.2, 0.25) is 5.13 Å². The minimum Gasteiger partial charge on any atom is -0.505 e. The number of imidazole rings is 1. The second kappa shape index (κ2) is 10.3. The van der Waals surface area contributed by atoms with Gasteiger partial charge in [0.05, 0.1) is 17.3 Å². The summed E-state index contributed by atoms with van der Waals surface area (Å²) >= 11 is 8.85. The Hall–Kier alpha value is -3.99. The SMILES string of the molecule is Cc1nc2ccccn2c1C(O)=C1C(=O)C(=O)N(c2nnc(SCc3ccccc3)s2)C1c1ccc(Cl)cc1. The maximum atomic E-state index is 13.5. The Bertz CT molecular complexity index is 1750. The monoisotopic (exact) mass is 573 g/mol. The molecule has 0 saturated carbocycles. The number of aromatic nitrogens is 4. The molecule has 5 aromatic rings. The van der Waals surface area contributed by atoms with Crippen molar-refractivity contribution in [2.24, 2.45) is 0 Å². The molecule has 0 radical (unpaired) electrons. The first-order valence-electron chi connectivity index (χ1n) is 11.9. The number of nitrogens with zero attached hydrogens (tertiary/aromatic N) is 5. The van der Waals surface area contributed by atoms with Crippen LogP contribution in [0.3, 0.4) is 0 Å². The van der Waals surface area contributed by atoms with Crippen LogP contribution in [-0.2, 0) is 15.3 Å². The van der Waals surface area contributed by atoms with E-state index in [2.05, 4.69) is 15.2 Å². The number of ketones is 1. The molecule has 1 N–H and O–H groups in total. The third-order valence-corrected chi connectivity index (χ3v) is 8.74. The molecule has 1 amide bonds. The number of halogens is 1. The lowest BCUT2D eigenvalue weighted by Crippen LogP contribution is -2.29. The number of fused-ring (bicyclic) bond motifs is 1. The zero-order valence-electron chi connectivity index (χ0n) is 20.5. The Morgan fingerprint density at radius 2 is 1.77 bits per heavy atom. The Morgan fingerprint density at radius 3 is 2.54 bits per heavy atom. The summed E-state index contributed by atoms with van der Waals surface area (Å²) in [4.78, 5) is 32.8. The zero-order chi connectivity index (χ0) is 27.1. The number of thioether (sulfide) groups is 1. The van der Waals surface area contributed by atoms with Gasteiger partial charge in [-0.15, -0.1) is 10.2 Å². The molecule has 1 aliphatic rings. The maximum absolute atomic E-state index is 13.5. The minimum atomic E-state index is -0.934. The van der Waals surface area contributed by atoms with E-state index >= 15 is 0 Å². The maximum Gasteiger partial charge on any atom is 0.301 e. The second-order valence-electron chi connectivity index (χ2n) is 8.82. The highest BCUT2D eigenvalue weighted by molar-refractivity contribution is 8.00. The Balaban J connectivity index is 1.45. The molecule has 8 nitrogen and oxygen atoms in total. The molecular weight excluding hydrogens is 554 g/mol. The van der Waals surface area contributed by atoms with Gasteiger partial charge in [0, 0.05) is 17.0 Å². The molecule has 1 aliphatic heterocycles. The number of pyridine rings is 1. The van der Waals surface area contributed by atoms with Crippen LogP contribution in [0.25, 0.3) is 11.4 Å². The fourth-order valence-electron chi connectivity index (χ4n) is 4.59. The van der Waals surface area contributed by atoms with E-state index in [4.69, 9.17) is 11.6 Å². The van der Waals surface area contributed by atoms with Crippen LogP contribution in [0, 0.1) is 6.92 Å². The summed E-state index contributed by atoms with van der Waals surface area (Å²) in [7, 11) is 0. The van der Waals surface area contributed by atoms with Gasteiger partial charge in [0.1, 0.15) is 11.3 Å². The molecule has 11 heteroatoms. The van der Waals surface area contributed by atoms with Crippen LogP contribution in [0.4, 0.5) is 5.13 Å². The number of carbonyl (C=O) groups excluding carboxylic acids is 2. The molecule has 4 heterocycles. The van der Waals surface area contributed by atoms with E-state index in [0.29, 0.717) is 37.7 Å². The van der Waals surface area contributed by atoms with E-state index in [1.165, 1.54) is 28.0 Å². The van der Waals surface area contributed by atoms with Crippen molar-refractivity contribution >= 4 is 62.9 Å². The normalized spacial score (nSPS) is 16.9. The molecule has 194 valence electrons. The van der Waals surface area contributed by atoms with Crippen LogP contribution in [0.1, 0.15) is 28.6 Å². The molecular formula is C28H20ClN5O3S2. The summed E-state index contributed by atoms with van der Waals surface area (Å²) in [5.41, 5.74) is 3.15. The smallest absolute Gasteiger partial charge is 0.301 e. The number of rotatable bonds is 6. The van der Waals surface area contributed by atoms with E-state index in [1.807, 2.05) is 36.4 Å². The summed E-state index contributed by atoms with van der Waals surface area (Å²) in [5, 5.41) is 20.9. The van der Waals surface area contributed by atoms with Crippen molar-refractivity contribution in [1.29, 1.82) is 0 Å². The molecule has 0 spiro atoms. The topological polar surface area (TPSA) is 101 Å². The van der Waals surface area contributed by atoms with Crippen molar-refractivity contribution in [2.75, 3.05) is 4.90 Å². The molecule has 2 aromatic carbocycles. The van der Waals surface area contributed by atoms with Crippen LogP contribution in [0.5, 0.6) is 0 Å².